The van der Waals surface area contributed by atoms with E-state index in [0.717, 1.165) is 10.5 Å². The van der Waals surface area contributed by atoms with Gasteiger partial charge < -0.3 is 10.4 Å². The number of rotatable bonds is 7. The Labute approximate surface area is 165 Å². The average molecular weight is 399 g/mol. The third-order valence-electron chi connectivity index (χ3n) is 4.07. The number of aromatic carboxylic acids is 1. The van der Waals surface area contributed by atoms with E-state index in [1.54, 1.807) is 12.1 Å². The third-order valence-corrected chi connectivity index (χ3v) is 5.08. The van der Waals surface area contributed by atoms with Crippen molar-refractivity contribution >= 4 is 29.3 Å². The minimum atomic E-state index is -1.22. The molecule has 8 heteroatoms. The first-order chi connectivity index (χ1) is 13.4. The van der Waals surface area contributed by atoms with Gasteiger partial charge in [0.25, 0.3) is 0 Å². The van der Waals surface area contributed by atoms with Gasteiger partial charge in [-0.2, -0.15) is 5.10 Å². The summed E-state index contributed by atoms with van der Waals surface area (Å²) in [5.74, 6) is -1.88. The van der Waals surface area contributed by atoms with E-state index in [1.165, 1.54) is 34.8 Å². The Bertz CT molecular complexity index is 974. The van der Waals surface area contributed by atoms with Gasteiger partial charge in [0.05, 0.1) is 23.7 Å². The van der Waals surface area contributed by atoms with Crippen LogP contribution in [0.1, 0.15) is 29.0 Å². The van der Waals surface area contributed by atoms with Crippen molar-refractivity contribution < 1.29 is 19.1 Å². The molecule has 0 saturated carbocycles. The fourth-order valence-corrected chi connectivity index (χ4v) is 3.29. The van der Waals surface area contributed by atoms with Crippen molar-refractivity contribution in [2.45, 2.75) is 17.9 Å². The molecule has 1 heterocycles. The maximum Gasteiger partial charge on any atom is 0.358 e. The van der Waals surface area contributed by atoms with Crippen LogP contribution in [0.4, 0.5) is 10.1 Å². The monoisotopic (exact) mass is 399 g/mol. The Morgan fingerprint density at radius 2 is 1.86 bits per heavy atom. The van der Waals surface area contributed by atoms with Gasteiger partial charge in [0.2, 0.25) is 5.91 Å². The van der Waals surface area contributed by atoms with Gasteiger partial charge in [-0.1, -0.05) is 30.3 Å². The normalized spacial score (nSPS) is 11.8. The topological polar surface area (TPSA) is 84.2 Å². The zero-order chi connectivity index (χ0) is 20.1. The van der Waals surface area contributed by atoms with E-state index in [9.17, 15) is 19.1 Å². The highest BCUT2D eigenvalue weighted by Gasteiger charge is 2.20. The average Bonchev–Trinajstić information content (AvgIpc) is 3.11. The number of aromatic nitrogens is 2. The summed E-state index contributed by atoms with van der Waals surface area (Å²) in [4.78, 5) is 24.5. The Balaban J connectivity index is 1.71. The van der Waals surface area contributed by atoms with Crippen molar-refractivity contribution in [1.29, 1.82) is 0 Å². The molecule has 0 fully saturated rings. The lowest BCUT2D eigenvalue weighted by molar-refractivity contribution is -0.113. The number of benzene rings is 2. The Morgan fingerprint density at radius 3 is 2.50 bits per heavy atom. The first kappa shape index (κ1) is 19.6. The number of hydrogen-bond donors (Lipinski definition) is 2. The van der Waals surface area contributed by atoms with Crippen LogP contribution < -0.4 is 5.32 Å². The molecule has 28 heavy (non-hydrogen) atoms. The number of halogens is 1. The molecular formula is C20H18FN3O3S. The van der Waals surface area contributed by atoms with E-state index >= 15 is 0 Å². The summed E-state index contributed by atoms with van der Waals surface area (Å²) >= 11 is 1.23. The number of anilines is 1. The Morgan fingerprint density at radius 1 is 1.18 bits per heavy atom. The number of nitrogens with one attached hydrogen (secondary N) is 1. The summed E-state index contributed by atoms with van der Waals surface area (Å²) < 4.78 is 14.4. The van der Waals surface area contributed by atoms with Crippen molar-refractivity contribution in [2.75, 3.05) is 11.1 Å². The highest BCUT2D eigenvalue weighted by molar-refractivity contribution is 8.00. The zero-order valence-corrected chi connectivity index (χ0v) is 15.8. The second-order valence-corrected chi connectivity index (χ2v) is 7.10. The molecule has 1 unspecified atom stereocenters. The van der Waals surface area contributed by atoms with Crippen LogP contribution in [0, 0.1) is 5.82 Å². The molecule has 1 atom stereocenters. The van der Waals surface area contributed by atoms with Crippen molar-refractivity contribution in [2.24, 2.45) is 0 Å². The van der Waals surface area contributed by atoms with Gasteiger partial charge in [0.1, 0.15) is 5.82 Å². The summed E-state index contributed by atoms with van der Waals surface area (Å²) in [6.45, 7) is 1.89. The maximum absolute atomic E-state index is 12.9. The fourth-order valence-electron chi connectivity index (χ4n) is 2.59. The lowest BCUT2D eigenvalue weighted by atomic mass is 10.1. The standard InChI is InChI=1S/C20H18FN3O3S/c1-13(14-5-3-2-4-6-14)24-11-17(19(23-24)20(26)27)22-18(25)12-28-16-9-7-15(21)8-10-16/h2-11,13H,12H2,1H3,(H,22,25)(H,26,27). The van der Waals surface area contributed by atoms with Gasteiger partial charge in [-0.3, -0.25) is 9.48 Å². The predicted octanol–water partition coefficient (Wildman–Crippen LogP) is 4.06. The van der Waals surface area contributed by atoms with Crippen molar-refractivity contribution in [3.8, 4) is 0 Å². The van der Waals surface area contributed by atoms with Gasteiger partial charge in [-0.25, -0.2) is 9.18 Å². The van der Waals surface area contributed by atoms with Crippen molar-refractivity contribution in [1.82, 2.24) is 9.78 Å². The summed E-state index contributed by atoms with van der Waals surface area (Å²) in [6, 6.07) is 15.1. The fraction of sp³-hybridized carbons (Fsp3) is 0.150. The summed E-state index contributed by atoms with van der Waals surface area (Å²) in [5.41, 5.74) is 0.884. The van der Waals surface area contributed by atoms with Crippen LogP contribution in [0.2, 0.25) is 0 Å². The summed E-state index contributed by atoms with van der Waals surface area (Å²) in [5, 5.41) is 16.1. The van der Waals surface area contributed by atoms with E-state index < -0.39 is 5.97 Å². The van der Waals surface area contributed by atoms with Gasteiger partial charge >= 0.3 is 5.97 Å². The quantitative estimate of drug-likeness (QED) is 0.586. The number of hydrogen-bond acceptors (Lipinski definition) is 4. The summed E-state index contributed by atoms with van der Waals surface area (Å²) in [7, 11) is 0. The van der Waals surface area contributed by atoms with Crippen LogP contribution in [0.3, 0.4) is 0 Å². The van der Waals surface area contributed by atoms with Gasteiger partial charge in [0, 0.05) is 4.90 Å². The molecule has 1 amide bonds. The molecule has 2 N–H and O–H groups in total. The number of carboxylic acid groups (broad SMARTS) is 1. The smallest absolute Gasteiger partial charge is 0.358 e. The molecule has 6 nitrogen and oxygen atoms in total. The molecule has 144 valence electrons. The van der Waals surface area contributed by atoms with Gasteiger partial charge in [-0.15, -0.1) is 11.8 Å². The predicted molar refractivity (Wildman–Crippen MR) is 105 cm³/mol. The number of carbonyl (C=O) groups excluding carboxylic acids is 1. The minimum Gasteiger partial charge on any atom is -0.476 e. The van der Waals surface area contributed by atoms with E-state index in [0.29, 0.717) is 0 Å². The van der Waals surface area contributed by atoms with E-state index in [4.69, 9.17) is 0 Å². The van der Waals surface area contributed by atoms with E-state index in [1.807, 2.05) is 37.3 Å². The van der Waals surface area contributed by atoms with Crippen LogP contribution >= 0.6 is 11.8 Å². The van der Waals surface area contributed by atoms with Gasteiger partial charge in [0.15, 0.2) is 5.69 Å². The SMILES string of the molecule is CC(c1ccccc1)n1cc(NC(=O)CSc2ccc(F)cc2)c(C(=O)O)n1. The number of amides is 1. The van der Waals surface area contributed by atoms with E-state index in [2.05, 4.69) is 10.4 Å². The molecule has 0 radical (unpaired) electrons. The second-order valence-electron chi connectivity index (χ2n) is 6.05. The number of nitrogens with zero attached hydrogens (tertiary/aromatic N) is 2. The van der Waals surface area contributed by atoms with E-state index in [-0.39, 0.29) is 34.9 Å². The Kier molecular flexibility index (Phi) is 6.10. The number of carbonyl (C=O) groups is 2. The lowest BCUT2D eigenvalue weighted by Crippen LogP contribution is -2.15. The second kappa shape index (κ2) is 8.71. The van der Waals surface area contributed by atoms with Crippen LogP contribution in [0.5, 0.6) is 0 Å². The van der Waals surface area contributed by atoms with Crippen LogP contribution in [-0.2, 0) is 4.79 Å². The van der Waals surface area contributed by atoms with Crippen LogP contribution in [0.15, 0.2) is 65.7 Å². The first-order valence-corrected chi connectivity index (χ1v) is 9.48. The van der Waals surface area contributed by atoms with Crippen LogP contribution in [-0.4, -0.2) is 32.5 Å². The highest BCUT2D eigenvalue weighted by atomic mass is 32.2. The maximum atomic E-state index is 12.9. The molecule has 0 saturated heterocycles. The molecule has 0 aliphatic heterocycles. The first-order valence-electron chi connectivity index (χ1n) is 8.49. The molecule has 0 aliphatic carbocycles. The van der Waals surface area contributed by atoms with Crippen molar-refractivity contribution in [3.63, 3.8) is 0 Å². The molecule has 3 rings (SSSR count). The highest BCUT2D eigenvalue weighted by Crippen LogP contribution is 2.23. The minimum absolute atomic E-state index is 0.0596. The molecule has 2 aromatic carbocycles. The molecular weight excluding hydrogens is 381 g/mol. The van der Waals surface area contributed by atoms with Crippen LogP contribution in [0.25, 0.3) is 0 Å². The van der Waals surface area contributed by atoms with Gasteiger partial charge in [-0.05, 0) is 36.8 Å². The lowest BCUT2D eigenvalue weighted by Gasteiger charge is -2.12. The number of carboxylic acids is 1. The zero-order valence-electron chi connectivity index (χ0n) is 15.0. The van der Waals surface area contributed by atoms with Crippen molar-refractivity contribution in [3.05, 3.63) is 77.9 Å². The molecule has 3 aromatic rings. The largest absolute Gasteiger partial charge is 0.476 e. The third kappa shape index (κ3) is 4.77. The molecule has 0 aliphatic rings. The summed E-state index contributed by atoms with van der Waals surface area (Å²) in [6.07, 6.45) is 1.52. The molecule has 1 aromatic heterocycles. The Hall–Kier alpha value is -3.13. The molecule has 0 bridgehead atoms. The number of thioether (sulfide) groups is 1. The molecule has 0 spiro atoms.